The first-order chi connectivity index (χ1) is 25.6. The van der Waals surface area contributed by atoms with Crippen LogP contribution < -0.4 is 20.1 Å². The van der Waals surface area contributed by atoms with Crippen LogP contribution in [0.3, 0.4) is 0 Å². The molecule has 1 aromatic heterocycles. The molecular formula is C40H51N7O6. The van der Waals surface area contributed by atoms with E-state index in [1.807, 2.05) is 48.2 Å². The second-order valence-electron chi connectivity index (χ2n) is 13.9. The average molecular weight is 726 g/mol. The largest absolute Gasteiger partial charge is 0.495 e. The van der Waals surface area contributed by atoms with Crippen LogP contribution in [0.4, 0.5) is 5.69 Å². The van der Waals surface area contributed by atoms with Crippen molar-refractivity contribution in [1.82, 2.24) is 24.7 Å². The van der Waals surface area contributed by atoms with Crippen LogP contribution >= 0.6 is 0 Å². The Morgan fingerprint density at radius 3 is 2.47 bits per heavy atom. The highest BCUT2D eigenvalue weighted by Gasteiger charge is 2.28. The first-order valence-corrected chi connectivity index (χ1v) is 18.4. The Kier molecular flexibility index (Phi) is 12.3. The predicted octanol–water partition coefficient (Wildman–Crippen LogP) is 4.47. The fourth-order valence-corrected chi connectivity index (χ4v) is 7.03. The number of H-pyrrole nitrogens is 1. The van der Waals surface area contributed by atoms with Gasteiger partial charge in [0.25, 0.3) is 11.8 Å². The first kappa shape index (κ1) is 37.8. The zero-order chi connectivity index (χ0) is 37.5. The minimum atomic E-state index is -0.783. The number of imidazole rings is 1. The minimum absolute atomic E-state index is 0.0105. The van der Waals surface area contributed by atoms with E-state index in [0.29, 0.717) is 49.8 Å². The molecule has 3 aromatic carbocycles. The molecule has 0 radical (unpaired) electrons. The number of aromatic amines is 1. The number of methoxy groups -OCH3 is 1. The number of nitrogens with zero attached hydrogens (tertiary/aromatic N) is 5. The van der Waals surface area contributed by atoms with Gasteiger partial charge in [0.2, 0.25) is 5.91 Å². The maximum absolute atomic E-state index is 14.2. The number of piperazine rings is 1. The monoisotopic (exact) mass is 725 g/mol. The van der Waals surface area contributed by atoms with Crippen molar-refractivity contribution in [3.05, 3.63) is 71.0 Å². The number of unbranched alkanes of at least 4 members (excludes halogenated alkanes) is 2. The minimum Gasteiger partial charge on any atom is -0.495 e. The summed E-state index contributed by atoms with van der Waals surface area (Å²) in [5.41, 5.74) is 10.5. The van der Waals surface area contributed by atoms with Crippen molar-refractivity contribution in [3.8, 4) is 22.6 Å². The summed E-state index contributed by atoms with van der Waals surface area (Å²) < 4.78 is 17.6. The second-order valence-corrected chi connectivity index (χ2v) is 13.9. The molecule has 0 aliphatic carbocycles. The van der Waals surface area contributed by atoms with Gasteiger partial charge in [0.05, 0.1) is 61.3 Å². The quantitative estimate of drug-likeness (QED) is 0.180. The molecule has 0 atom stereocenters. The number of hydrogen-bond donors (Lipinski definition) is 2. The predicted molar refractivity (Wildman–Crippen MR) is 205 cm³/mol. The van der Waals surface area contributed by atoms with Crippen molar-refractivity contribution in [3.63, 3.8) is 0 Å². The zero-order valence-corrected chi connectivity index (χ0v) is 31.3. The Bertz CT molecular complexity index is 1930. The SMILES string of the molecule is COc1c(-c2cccc3[nH]c(CN4CCOCC4)nc23)ccc(C(=O)N(C)c2ccc(C)cc2OCCCCCC(=O)N2CCN(C)CC2)c1C(N)=O. The van der Waals surface area contributed by atoms with Gasteiger partial charge in [-0.05, 0) is 69.1 Å². The molecule has 6 rings (SSSR count). The molecule has 2 aliphatic heterocycles. The van der Waals surface area contributed by atoms with E-state index in [4.69, 9.17) is 24.9 Å². The third kappa shape index (κ3) is 8.81. The fraction of sp³-hybridized carbons (Fsp3) is 0.450. The van der Waals surface area contributed by atoms with Gasteiger partial charge in [-0.3, -0.25) is 19.3 Å². The van der Waals surface area contributed by atoms with Crippen LogP contribution in [0.15, 0.2) is 48.5 Å². The van der Waals surface area contributed by atoms with Crippen molar-refractivity contribution in [2.75, 3.05) is 85.2 Å². The highest BCUT2D eigenvalue weighted by atomic mass is 16.5. The molecule has 2 aliphatic rings. The van der Waals surface area contributed by atoms with Crippen LogP contribution in [0.2, 0.25) is 0 Å². The van der Waals surface area contributed by atoms with E-state index in [9.17, 15) is 14.4 Å². The number of aryl methyl sites for hydroxylation is 1. The maximum atomic E-state index is 14.2. The summed E-state index contributed by atoms with van der Waals surface area (Å²) in [7, 11) is 5.19. The molecule has 53 heavy (non-hydrogen) atoms. The number of nitrogens with two attached hydrogens (primary N) is 1. The number of fused-ring (bicyclic) bond motifs is 1. The van der Waals surface area contributed by atoms with Crippen LogP contribution in [0.5, 0.6) is 11.5 Å². The number of likely N-dealkylation sites (N-methyl/N-ethyl adjacent to an activating group) is 1. The van der Waals surface area contributed by atoms with E-state index < -0.39 is 11.8 Å². The van der Waals surface area contributed by atoms with E-state index in [-0.39, 0.29) is 22.8 Å². The van der Waals surface area contributed by atoms with Crippen molar-refractivity contribution in [2.24, 2.45) is 5.73 Å². The van der Waals surface area contributed by atoms with E-state index in [0.717, 1.165) is 86.5 Å². The number of amides is 3. The van der Waals surface area contributed by atoms with Crippen molar-refractivity contribution in [2.45, 2.75) is 39.2 Å². The molecule has 3 N–H and O–H groups in total. The highest BCUT2D eigenvalue weighted by molar-refractivity contribution is 6.15. The van der Waals surface area contributed by atoms with Crippen LogP contribution in [0, 0.1) is 6.92 Å². The molecular weight excluding hydrogens is 674 g/mol. The Labute approximate surface area is 311 Å². The second kappa shape index (κ2) is 17.2. The summed E-state index contributed by atoms with van der Waals surface area (Å²) in [4.78, 5) is 56.2. The smallest absolute Gasteiger partial charge is 0.259 e. The van der Waals surface area contributed by atoms with Gasteiger partial charge in [-0.25, -0.2) is 4.98 Å². The van der Waals surface area contributed by atoms with Gasteiger partial charge in [0.15, 0.2) is 0 Å². The Morgan fingerprint density at radius 2 is 1.74 bits per heavy atom. The Balaban J connectivity index is 1.17. The maximum Gasteiger partial charge on any atom is 0.259 e. The van der Waals surface area contributed by atoms with Gasteiger partial charge in [0, 0.05) is 63.9 Å². The topological polar surface area (TPSA) is 147 Å². The Morgan fingerprint density at radius 1 is 0.962 bits per heavy atom. The summed E-state index contributed by atoms with van der Waals surface area (Å²) in [5.74, 6) is 0.570. The van der Waals surface area contributed by atoms with Crippen LogP contribution in [-0.2, 0) is 16.1 Å². The molecule has 2 saturated heterocycles. The molecule has 13 heteroatoms. The molecule has 0 saturated carbocycles. The number of para-hydroxylation sites is 1. The highest BCUT2D eigenvalue weighted by Crippen LogP contribution is 2.39. The zero-order valence-electron chi connectivity index (χ0n) is 31.3. The van der Waals surface area contributed by atoms with E-state index in [1.54, 1.807) is 19.2 Å². The van der Waals surface area contributed by atoms with E-state index >= 15 is 0 Å². The fourth-order valence-electron chi connectivity index (χ4n) is 7.03. The number of primary amides is 1. The van der Waals surface area contributed by atoms with Crippen LogP contribution in [0.25, 0.3) is 22.2 Å². The van der Waals surface area contributed by atoms with E-state index in [2.05, 4.69) is 21.8 Å². The van der Waals surface area contributed by atoms with Gasteiger partial charge >= 0.3 is 0 Å². The lowest BCUT2D eigenvalue weighted by Crippen LogP contribution is -2.47. The average Bonchev–Trinajstić information content (AvgIpc) is 3.58. The van der Waals surface area contributed by atoms with Crippen LogP contribution in [0.1, 0.15) is 57.8 Å². The van der Waals surface area contributed by atoms with Gasteiger partial charge in [-0.1, -0.05) is 18.2 Å². The number of hydrogen-bond acceptors (Lipinski definition) is 9. The number of ether oxygens (including phenoxy) is 3. The molecule has 0 bridgehead atoms. The number of nitrogens with one attached hydrogen (secondary N) is 1. The Hall–Kier alpha value is -4.98. The van der Waals surface area contributed by atoms with Crippen molar-refractivity contribution < 1.29 is 28.6 Å². The molecule has 3 heterocycles. The standard InChI is InChI=1S/C40H51N7O6/c1-27-12-15-32(33(25-27)53-22-7-5-6-11-35(48)47-18-16-44(2)17-19-47)45(3)40(50)30-14-13-29(38(51-4)36(30)39(41)49)28-9-8-10-31-37(28)43-34(42-31)26-46-20-23-52-24-21-46/h8-10,12-15,25H,5-7,11,16-24,26H2,1-4H3,(H2,41,49)(H,42,43). The normalized spacial score (nSPS) is 15.4. The molecule has 3 amide bonds. The number of anilines is 1. The number of carbonyl (C=O) groups excluding carboxylic acids is 3. The summed E-state index contributed by atoms with van der Waals surface area (Å²) in [6.07, 6.45) is 2.95. The molecule has 0 unspecified atom stereocenters. The number of carbonyl (C=O) groups is 3. The third-order valence-corrected chi connectivity index (χ3v) is 10.1. The van der Waals surface area contributed by atoms with Crippen molar-refractivity contribution in [1.29, 1.82) is 0 Å². The van der Waals surface area contributed by atoms with Crippen LogP contribution in [-0.4, -0.2) is 123 Å². The van der Waals surface area contributed by atoms with Gasteiger partial charge in [0.1, 0.15) is 17.3 Å². The summed E-state index contributed by atoms with van der Waals surface area (Å²) >= 11 is 0. The summed E-state index contributed by atoms with van der Waals surface area (Å²) in [6, 6.07) is 14.8. The molecule has 13 nitrogen and oxygen atoms in total. The number of aromatic nitrogens is 2. The number of rotatable bonds is 14. The molecule has 4 aromatic rings. The first-order valence-electron chi connectivity index (χ1n) is 18.4. The lowest BCUT2D eigenvalue weighted by Gasteiger charge is -2.32. The number of benzene rings is 3. The molecule has 2 fully saturated rings. The van der Waals surface area contributed by atoms with Gasteiger partial charge in [-0.2, -0.15) is 0 Å². The molecule has 282 valence electrons. The van der Waals surface area contributed by atoms with Gasteiger partial charge in [-0.15, -0.1) is 0 Å². The lowest BCUT2D eigenvalue weighted by molar-refractivity contribution is -0.132. The third-order valence-electron chi connectivity index (χ3n) is 10.1. The lowest BCUT2D eigenvalue weighted by atomic mass is 9.95. The van der Waals surface area contributed by atoms with E-state index in [1.165, 1.54) is 12.0 Å². The summed E-state index contributed by atoms with van der Waals surface area (Å²) in [6.45, 7) is 9.51. The van der Waals surface area contributed by atoms with Crippen molar-refractivity contribution >= 4 is 34.4 Å². The number of morpholine rings is 1. The summed E-state index contributed by atoms with van der Waals surface area (Å²) in [5, 5.41) is 0. The molecule has 0 spiro atoms. The van der Waals surface area contributed by atoms with Gasteiger partial charge < -0.3 is 39.6 Å².